The van der Waals surface area contributed by atoms with Crippen LogP contribution in [0.1, 0.15) is 115 Å². The Morgan fingerprint density at radius 3 is 2.19 bits per heavy atom. The van der Waals surface area contributed by atoms with Crippen molar-refractivity contribution in [1.29, 1.82) is 5.26 Å². The third-order valence-corrected chi connectivity index (χ3v) is 12.0. The lowest BCUT2D eigenvalue weighted by molar-refractivity contribution is -0.118. The summed E-state index contributed by atoms with van der Waals surface area (Å²) >= 11 is 0. The van der Waals surface area contributed by atoms with Crippen LogP contribution in [-0.4, -0.2) is 64.3 Å². The van der Waals surface area contributed by atoms with Gasteiger partial charge in [-0.05, 0) is 125 Å². The summed E-state index contributed by atoms with van der Waals surface area (Å²) in [5.41, 5.74) is 2.59. The Hall–Kier alpha value is -7.65. The number of rotatable bonds is 15. The van der Waals surface area contributed by atoms with E-state index in [9.17, 15) is 34.3 Å². The summed E-state index contributed by atoms with van der Waals surface area (Å²) in [5.74, 6) is -1.76. The monoisotopic (exact) mass is 865 g/mol. The highest BCUT2D eigenvalue weighted by Gasteiger charge is 2.54. The molecule has 0 bridgehead atoms. The van der Waals surface area contributed by atoms with Gasteiger partial charge in [0.1, 0.15) is 11.4 Å². The van der Waals surface area contributed by atoms with Gasteiger partial charge in [0, 0.05) is 35.8 Å². The van der Waals surface area contributed by atoms with Crippen molar-refractivity contribution in [1.82, 2.24) is 0 Å². The number of carbonyl (C=O) groups excluding carboxylic acids is 4. The number of aliphatic imine (C=N–C) groups is 1. The number of ether oxygens (including phenoxy) is 1. The molecular formula is C49H51N7O8. The molecule has 1 fully saturated rings. The fraction of sp³-hybridized carbons (Fsp3) is 0.327. The maximum absolute atomic E-state index is 13.4. The van der Waals surface area contributed by atoms with Crippen molar-refractivity contribution in [3.8, 4) is 29.9 Å². The first-order valence-electron chi connectivity index (χ1n) is 21.1. The number of hydrogen-bond acceptors (Lipinski definition) is 10. The number of phenolic OH excluding ortho intramolecular Hbond substituents is 1. The molecule has 1 aliphatic heterocycles. The highest BCUT2D eigenvalue weighted by molar-refractivity contribution is 6.44. The minimum Gasteiger partial charge on any atom is -0.504 e. The Morgan fingerprint density at radius 2 is 1.56 bits per heavy atom. The summed E-state index contributed by atoms with van der Waals surface area (Å²) in [5, 5.41) is 41.5. The number of carbonyl (C=O) groups is 5. The zero-order valence-electron chi connectivity index (χ0n) is 36.2. The lowest BCUT2D eigenvalue weighted by Gasteiger charge is -2.53. The molecule has 64 heavy (non-hydrogen) atoms. The highest BCUT2D eigenvalue weighted by atomic mass is 16.5. The van der Waals surface area contributed by atoms with E-state index < -0.39 is 47.1 Å². The third-order valence-electron chi connectivity index (χ3n) is 12.0. The molecule has 6 rings (SSSR count). The summed E-state index contributed by atoms with van der Waals surface area (Å²) in [6.07, 6.45) is 11.6. The molecule has 2 aliphatic rings. The van der Waals surface area contributed by atoms with Gasteiger partial charge in [-0.15, -0.1) is 12.3 Å². The molecule has 4 amide bonds. The fourth-order valence-corrected chi connectivity index (χ4v) is 8.54. The Kier molecular flexibility index (Phi) is 14.0. The van der Waals surface area contributed by atoms with Crippen LogP contribution in [0.5, 0.6) is 11.5 Å². The van der Waals surface area contributed by atoms with Gasteiger partial charge in [-0.1, -0.05) is 19.3 Å². The average Bonchev–Trinajstić information content (AvgIpc) is 3.54. The number of nitriles is 1. The van der Waals surface area contributed by atoms with Crippen LogP contribution in [0.3, 0.4) is 0 Å². The predicted molar refractivity (Wildman–Crippen MR) is 245 cm³/mol. The molecule has 1 aliphatic carbocycles. The van der Waals surface area contributed by atoms with Crippen molar-refractivity contribution in [2.24, 2.45) is 10.4 Å². The van der Waals surface area contributed by atoms with E-state index in [4.69, 9.17) is 16.3 Å². The molecule has 330 valence electrons. The number of carboxylic acids is 1. The number of fused-ring (bicyclic) bond motifs is 1. The number of anilines is 5. The fourth-order valence-electron chi connectivity index (χ4n) is 8.54. The molecule has 1 heterocycles. The quantitative estimate of drug-likeness (QED) is 0.0490. The number of nitrogens with zero attached hydrogens (tertiary/aromatic N) is 3. The molecule has 15 heteroatoms. The number of amides is 4. The second-order valence-corrected chi connectivity index (χ2v) is 16.5. The number of aromatic hydroxyl groups is 1. The molecule has 1 atom stereocenters. The van der Waals surface area contributed by atoms with E-state index in [0.29, 0.717) is 23.4 Å². The first-order valence-corrected chi connectivity index (χ1v) is 21.1. The summed E-state index contributed by atoms with van der Waals surface area (Å²) in [4.78, 5) is 70.7. The van der Waals surface area contributed by atoms with E-state index in [1.165, 1.54) is 60.7 Å². The maximum atomic E-state index is 13.4. The number of carboxylic acid groups (broad SMARTS) is 1. The van der Waals surface area contributed by atoms with Gasteiger partial charge in [-0.2, -0.15) is 5.26 Å². The van der Waals surface area contributed by atoms with Crippen LogP contribution in [0.25, 0.3) is 0 Å². The molecule has 4 aromatic rings. The number of nitrogens with one attached hydrogen (secondary N) is 4. The largest absolute Gasteiger partial charge is 0.504 e. The minimum absolute atomic E-state index is 0.0382. The molecular weight excluding hydrogens is 815 g/mol. The number of phenols is 1. The van der Waals surface area contributed by atoms with Gasteiger partial charge >= 0.3 is 5.97 Å². The van der Waals surface area contributed by atoms with E-state index in [-0.39, 0.29) is 52.1 Å². The Balaban J connectivity index is 1.08. The zero-order chi connectivity index (χ0) is 46.2. The van der Waals surface area contributed by atoms with Gasteiger partial charge in [-0.25, -0.2) is 9.79 Å². The number of aromatic carboxylic acids is 1. The average molecular weight is 866 g/mol. The first-order chi connectivity index (χ1) is 30.6. The molecule has 0 radical (unpaired) electrons. The molecule has 0 spiro atoms. The molecule has 6 N–H and O–H groups in total. The van der Waals surface area contributed by atoms with Gasteiger partial charge in [0.2, 0.25) is 5.91 Å². The van der Waals surface area contributed by atoms with Crippen LogP contribution in [-0.2, 0) is 9.59 Å². The van der Waals surface area contributed by atoms with Crippen LogP contribution in [0.4, 0.5) is 28.4 Å². The van der Waals surface area contributed by atoms with E-state index >= 15 is 0 Å². The second kappa shape index (κ2) is 19.6. The van der Waals surface area contributed by atoms with Crippen LogP contribution in [0, 0.1) is 29.1 Å². The van der Waals surface area contributed by atoms with Gasteiger partial charge in [0.25, 0.3) is 17.7 Å². The molecule has 0 aromatic heterocycles. The van der Waals surface area contributed by atoms with E-state index in [0.717, 1.165) is 49.9 Å². The SMILES string of the molecule is C#CCC(=NC(=O)CCCC1(C2(C)Nc3cc(C#N)ccc3N2C)CCCCC1)C(=O)Nc1ccc(C(=O)Nc2ccc(C(=O)Nc3ccc(C(=O)O)cc3)c(O)c2OC(C)C)cc1. The van der Waals surface area contributed by atoms with E-state index in [2.05, 4.69) is 57.1 Å². The Bertz CT molecular complexity index is 2570. The van der Waals surface area contributed by atoms with Crippen molar-refractivity contribution in [3.05, 3.63) is 101 Å². The number of terminal acetylenes is 1. The molecule has 1 saturated carbocycles. The molecule has 0 saturated heterocycles. The predicted octanol–water partition coefficient (Wildman–Crippen LogP) is 8.58. The van der Waals surface area contributed by atoms with Crippen molar-refractivity contribution < 1.29 is 38.9 Å². The lowest BCUT2D eigenvalue weighted by atomic mass is 9.63. The maximum Gasteiger partial charge on any atom is 0.335 e. The molecule has 15 nitrogen and oxygen atoms in total. The van der Waals surface area contributed by atoms with Crippen LogP contribution in [0.2, 0.25) is 0 Å². The number of hydrogen-bond donors (Lipinski definition) is 6. The van der Waals surface area contributed by atoms with Crippen LogP contribution in [0.15, 0.2) is 83.9 Å². The van der Waals surface area contributed by atoms with Crippen molar-refractivity contribution >= 4 is 63.7 Å². The van der Waals surface area contributed by atoms with Gasteiger partial charge in [0.15, 0.2) is 11.5 Å². The summed E-state index contributed by atoms with van der Waals surface area (Å²) in [7, 11) is 2.07. The second-order valence-electron chi connectivity index (χ2n) is 16.5. The first kappa shape index (κ1) is 45.9. The molecule has 1 unspecified atom stereocenters. The van der Waals surface area contributed by atoms with Gasteiger partial charge < -0.3 is 41.1 Å². The smallest absolute Gasteiger partial charge is 0.335 e. The summed E-state index contributed by atoms with van der Waals surface area (Å²) < 4.78 is 5.81. The lowest BCUT2D eigenvalue weighted by Crippen LogP contribution is -2.60. The Morgan fingerprint density at radius 1 is 0.906 bits per heavy atom. The highest BCUT2D eigenvalue weighted by Crippen LogP contribution is 2.55. The minimum atomic E-state index is -1.12. The van der Waals surface area contributed by atoms with E-state index in [1.807, 2.05) is 18.2 Å². The summed E-state index contributed by atoms with van der Waals surface area (Å²) in [6.45, 7) is 5.61. The van der Waals surface area contributed by atoms with Crippen LogP contribution < -0.4 is 30.9 Å². The topological polar surface area (TPSA) is 223 Å². The van der Waals surface area contributed by atoms with Crippen molar-refractivity contribution in [2.45, 2.75) is 90.3 Å². The normalized spacial score (nSPS) is 16.4. The molecule has 4 aromatic carbocycles. The summed E-state index contributed by atoms with van der Waals surface area (Å²) in [6, 6.07) is 22.0. The number of benzene rings is 4. The standard InChI is InChI=1S/C49H51N7O8/c1-6-11-38(53-41(57)12-10-27-49(25-8-7-9-26-49)48(4)55-39-28-31(29-50)13-24-40(39)56(48)5)46(61)52-35-18-14-32(15-19-35)44(59)54-37-23-22-36(42(58)43(37)64-30(2)3)45(60)51-34-20-16-33(17-21-34)47(62)63/h1,13-24,28,30,55,58H,7-12,25-27H2,2-5H3,(H,51,60)(H,52,61)(H,54,59)(H,62,63). The van der Waals surface area contributed by atoms with Gasteiger partial charge in [0.05, 0.1) is 52.3 Å². The third kappa shape index (κ3) is 10.0. The van der Waals surface area contributed by atoms with Crippen molar-refractivity contribution in [2.75, 3.05) is 33.2 Å². The van der Waals surface area contributed by atoms with Crippen molar-refractivity contribution in [3.63, 3.8) is 0 Å². The van der Waals surface area contributed by atoms with Gasteiger partial charge in [-0.3, -0.25) is 19.2 Å². The van der Waals surface area contributed by atoms with E-state index in [1.54, 1.807) is 13.8 Å². The Labute approximate surface area is 371 Å². The van der Waals surface area contributed by atoms with Crippen LogP contribution >= 0.6 is 0 Å². The zero-order valence-corrected chi connectivity index (χ0v) is 36.2.